The van der Waals surface area contributed by atoms with Gasteiger partial charge in [-0.2, -0.15) is 24.0 Å². The molecule has 4 aliphatic rings. The van der Waals surface area contributed by atoms with Crippen molar-refractivity contribution in [1.29, 1.82) is 0 Å². The van der Waals surface area contributed by atoms with Crippen molar-refractivity contribution in [1.82, 2.24) is 9.88 Å². The second-order valence-corrected chi connectivity index (χ2v) is 9.56. The fourth-order valence-electron chi connectivity index (χ4n) is 4.88. The van der Waals surface area contributed by atoms with Crippen LogP contribution in [0.3, 0.4) is 0 Å². The van der Waals surface area contributed by atoms with Crippen LogP contribution in [0.15, 0.2) is 76.4 Å². The number of amides is 1. The lowest BCUT2D eigenvalue weighted by atomic mass is 10.1. The number of morpholine rings is 1. The molecule has 6 rings (SSSR count). The van der Waals surface area contributed by atoms with E-state index in [0.717, 1.165) is 24.9 Å². The van der Waals surface area contributed by atoms with Gasteiger partial charge in [-0.1, -0.05) is 0 Å². The number of aromatic nitrogens is 1. The van der Waals surface area contributed by atoms with Crippen molar-refractivity contribution in [3.63, 3.8) is 0 Å². The Kier molecular flexibility index (Phi) is 6.40. The van der Waals surface area contributed by atoms with Gasteiger partial charge in [0.25, 0.3) is 11.7 Å². The van der Waals surface area contributed by atoms with Gasteiger partial charge in [-0.3, -0.25) is 14.7 Å². The van der Waals surface area contributed by atoms with E-state index in [-0.39, 0.29) is 22.1 Å². The van der Waals surface area contributed by atoms with Gasteiger partial charge in [0.2, 0.25) is 5.70 Å². The molecule has 1 unspecified atom stereocenters. The number of nitrogens with one attached hydrogen (secondary N) is 1. The van der Waals surface area contributed by atoms with Gasteiger partial charge in [-0.15, -0.1) is 4.59 Å². The molecule has 39 heavy (non-hydrogen) atoms. The summed E-state index contributed by atoms with van der Waals surface area (Å²) in [5.74, 6) is 6.55. The van der Waals surface area contributed by atoms with Crippen LogP contribution in [0.5, 0.6) is 0 Å². The zero-order valence-corrected chi connectivity index (χ0v) is 20.6. The maximum Gasteiger partial charge on any atom is 0.416 e. The number of ether oxygens (including phenoxy) is 2. The summed E-state index contributed by atoms with van der Waals surface area (Å²) in [6.45, 7) is 3.45. The summed E-state index contributed by atoms with van der Waals surface area (Å²) in [4.78, 5) is 28.0. The second-order valence-electron chi connectivity index (χ2n) is 9.56. The second kappa shape index (κ2) is 9.77. The minimum Gasteiger partial charge on any atom is -0.378 e. The highest BCUT2D eigenvalue weighted by atomic mass is 19.4. The average molecular weight is 541 g/mol. The zero-order chi connectivity index (χ0) is 27.2. The van der Waals surface area contributed by atoms with Gasteiger partial charge >= 0.3 is 6.18 Å². The first-order valence-corrected chi connectivity index (χ1v) is 12.3. The van der Waals surface area contributed by atoms with E-state index < -0.39 is 17.6 Å². The topological polar surface area (TPSA) is 114 Å². The number of anilines is 1. The number of nitrogens with two attached hydrogens (primary N) is 1. The summed E-state index contributed by atoms with van der Waals surface area (Å²) in [5, 5.41) is 2.41. The first kappa shape index (κ1) is 25.5. The molecule has 1 amide bonds. The van der Waals surface area contributed by atoms with Crippen molar-refractivity contribution in [3.8, 4) is 0 Å². The predicted octanol–water partition coefficient (Wildman–Crippen LogP) is 2.67. The Labute approximate surface area is 221 Å². The third-order valence-corrected chi connectivity index (χ3v) is 7.10. The number of amidine groups is 1. The van der Waals surface area contributed by atoms with E-state index in [4.69, 9.17) is 20.3 Å². The molecule has 2 saturated heterocycles. The minimum absolute atomic E-state index is 0.197. The van der Waals surface area contributed by atoms with Crippen LogP contribution >= 0.6 is 0 Å². The minimum atomic E-state index is -4.54. The summed E-state index contributed by atoms with van der Waals surface area (Å²) in [5.41, 5.74) is 1.39. The van der Waals surface area contributed by atoms with Crippen molar-refractivity contribution in [2.75, 3.05) is 38.2 Å². The SMILES string of the molecule is N[N+]12C=CN=CC1=C([C@H]1CN(C3COC3)CCO1)N=C2c1ccc(C(=O)Nc2cc(C(F)(F)F)ccn2)cc1. The summed E-state index contributed by atoms with van der Waals surface area (Å²) >= 11 is 0. The lowest BCUT2D eigenvalue weighted by Crippen LogP contribution is -2.56. The first-order chi connectivity index (χ1) is 18.7. The summed E-state index contributed by atoms with van der Waals surface area (Å²) in [7, 11) is 0. The van der Waals surface area contributed by atoms with E-state index in [1.165, 1.54) is 0 Å². The van der Waals surface area contributed by atoms with Gasteiger partial charge in [0.15, 0.2) is 0 Å². The van der Waals surface area contributed by atoms with E-state index >= 15 is 0 Å². The molecular formula is C26H25F3N7O3+. The molecule has 1 aromatic carbocycles. The molecule has 0 spiro atoms. The molecule has 0 bridgehead atoms. The number of rotatable bonds is 5. The lowest BCUT2D eigenvalue weighted by molar-refractivity contribution is -0.750. The molecule has 0 radical (unpaired) electrons. The molecule has 10 nitrogen and oxygen atoms in total. The van der Waals surface area contributed by atoms with E-state index in [0.29, 0.717) is 55.2 Å². The van der Waals surface area contributed by atoms with E-state index in [1.54, 1.807) is 42.9 Å². The maximum absolute atomic E-state index is 13.0. The molecule has 0 saturated carbocycles. The third kappa shape index (κ3) is 4.79. The Balaban J connectivity index is 1.23. The van der Waals surface area contributed by atoms with Crippen LogP contribution in [0, 0.1) is 0 Å². The molecule has 13 heteroatoms. The molecule has 0 aliphatic carbocycles. The standard InChI is InChI=1S/C26H24F3N7O3/c27-26(28,29)18-5-6-32-22(11-18)33-25(37)17-3-1-16(2-4-17)24-34-23(20-12-31-7-9-36(20,24)30)21-13-35(8-10-39-21)19-14-38-15-19/h1-7,9,11-12,19,21H,8,10,13-15,30H2/p+1/t21-,36?/m1/s1. The average Bonchev–Trinajstić information content (AvgIpc) is 3.20. The Hall–Kier alpha value is -3.75. The number of aliphatic imine (C=N–C) groups is 2. The number of carbonyl (C=O) groups is 1. The number of fused-ring (bicyclic) bond motifs is 1. The Morgan fingerprint density at radius 1 is 1.18 bits per heavy atom. The van der Waals surface area contributed by atoms with Crippen molar-refractivity contribution in [2.45, 2.75) is 18.3 Å². The first-order valence-electron chi connectivity index (χ1n) is 12.3. The number of hydrogen-bond acceptors (Lipinski definition) is 8. The van der Waals surface area contributed by atoms with Crippen molar-refractivity contribution in [3.05, 3.63) is 83.1 Å². The molecule has 5 heterocycles. The Morgan fingerprint density at radius 3 is 2.69 bits per heavy atom. The monoisotopic (exact) mass is 540 g/mol. The third-order valence-electron chi connectivity index (χ3n) is 7.10. The van der Waals surface area contributed by atoms with Crippen molar-refractivity contribution in [2.24, 2.45) is 15.8 Å². The quantitative estimate of drug-likeness (QED) is 0.445. The number of halogens is 3. The van der Waals surface area contributed by atoms with Gasteiger partial charge < -0.3 is 14.8 Å². The molecule has 2 fully saturated rings. The highest BCUT2D eigenvalue weighted by molar-refractivity contribution is 6.05. The van der Waals surface area contributed by atoms with Gasteiger partial charge in [0.1, 0.15) is 23.8 Å². The predicted molar refractivity (Wildman–Crippen MR) is 135 cm³/mol. The van der Waals surface area contributed by atoms with E-state index in [1.807, 2.05) is 0 Å². The van der Waals surface area contributed by atoms with Crippen molar-refractivity contribution < 1.29 is 32.0 Å². The van der Waals surface area contributed by atoms with E-state index in [9.17, 15) is 18.0 Å². The van der Waals surface area contributed by atoms with Crippen LogP contribution in [0.4, 0.5) is 19.0 Å². The van der Waals surface area contributed by atoms with Crippen LogP contribution in [-0.2, 0) is 15.7 Å². The zero-order valence-electron chi connectivity index (χ0n) is 20.6. The highest BCUT2D eigenvalue weighted by Crippen LogP contribution is 2.35. The van der Waals surface area contributed by atoms with Crippen LogP contribution in [0.2, 0.25) is 0 Å². The van der Waals surface area contributed by atoms with E-state index in [2.05, 4.69) is 20.2 Å². The molecule has 2 aromatic rings. The maximum atomic E-state index is 13.0. The van der Waals surface area contributed by atoms with Crippen molar-refractivity contribution >= 4 is 23.8 Å². The number of alkyl halides is 3. The number of pyridine rings is 1. The van der Waals surface area contributed by atoms with Gasteiger partial charge in [0.05, 0.1) is 49.4 Å². The Morgan fingerprint density at radius 2 is 1.97 bits per heavy atom. The molecule has 3 N–H and O–H groups in total. The number of allylic oxidation sites excluding steroid dienone is 1. The van der Waals surface area contributed by atoms with Gasteiger partial charge in [-0.05, 0) is 36.4 Å². The van der Waals surface area contributed by atoms with Gasteiger partial charge in [-0.25, -0.2) is 4.98 Å². The molecule has 4 aliphatic heterocycles. The molecule has 1 aromatic heterocycles. The van der Waals surface area contributed by atoms with Gasteiger partial charge in [0, 0.05) is 24.8 Å². The summed E-state index contributed by atoms with van der Waals surface area (Å²) in [6, 6.07) is 8.50. The molecule has 202 valence electrons. The lowest BCUT2D eigenvalue weighted by Gasteiger charge is -2.41. The number of quaternary nitrogens is 1. The van der Waals surface area contributed by atoms with Crippen LogP contribution < -0.4 is 11.2 Å². The number of nitrogens with zero attached hydrogens (tertiary/aromatic N) is 5. The fourth-order valence-corrected chi connectivity index (χ4v) is 4.88. The normalized spacial score (nSPS) is 25.3. The largest absolute Gasteiger partial charge is 0.416 e. The highest BCUT2D eigenvalue weighted by Gasteiger charge is 2.47. The fraction of sp³-hybridized carbons (Fsp3) is 0.308. The van der Waals surface area contributed by atoms with Crippen LogP contribution in [0.25, 0.3) is 0 Å². The molecule has 2 atom stereocenters. The van der Waals surface area contributed by atoms with Crippen LogP contribution in [0.1, 0.15) is 21.5 Å². The van der Waals surface area contributed by atoms with Crippen LogP contribution in [-0.4, -0.2) is 77.5 Å². The molecular weight excluding hydrogens is 515 g/mol. The smallest absolute Gasteiger partial charge is 0.378 e. The number of benzene rings is 1. The Bertz CT molecular complexity index is 1420. The summed E-state index contributed by atoms with van der Waals surface area (Å²) < 4.78 is 50.2. The summed E-state index contributed by atoms with van der Waals surface area (Å²) in [6.07, 6.45) is 1.17. The number of carbonyl (C=O) groups excluding carboxylic acids is 1. The number of hydrogen-bond donors (Lipinski definition) is 2.